The molecule has 1 fully saturated rings. The van der Waals surface area contributed by atoms with Gasteiger partial charge >= 0.3 is 0 Å². The first-order valence-electron chi connectivity index (χ1n) is 7.08. The zero-order valence-electron chi connectivity index (χ0n) is 12.5. The molecule has 1 aliphatic rings. The minimum Gasteiger partial charge on any atom is -0.362 e. The molecule has 2 heterocycles. The standard InChI is InChI=1S/C15H21N3O3/c1-12(19)18-9-10-21-15(2,11-18)14(20)17-8-5-13-3-6-16-7-4-13/h3-4,6-7H,5,8-11H2,1-2H3,(H,17,20). The van der Waals surface area contributed by atoms with E-state index in [1.165, 1.54) is 6.92 Å². The summed E-state index contributed by atoms with van der Waals surface area (Å²) in [4.78, 5) is 29.3. The van der Waals surface area contributed by atoms with Gasteiger partial charge in [0.1, 0.15) is 0 Å². The molecule has 6 nitrogen and oxygen atoms in total. The number of hydrogen-bond donors (Lipinski definition) is 1. The Bertz CT molecular complexity index is 506. The van der Waals surface area contributed by atoms with Crippen molar-refractivity contribution in [3.8, 4) is 0 Å². The fourth-order valence-electron chi connectivity index (χ4n) is 2.33. The highest BCUT2D eigenvalue weighted by atomic mass is 16.5. The number of hydrogen-bond acceptors (Lipinski definition) is 4. The molecule has 6 heteroatoms. The van der Waals surface area contributed by atoms with E-state index >= 15 is 0 Å². The summed E-state index contributed by atoms with van der Waals surface area (Å²) >= 11 is 0. The average Bonchev–Trinajstić information content (AvgIpc) is 2.48. The summed E-state index contributed by atoms with van der Waals surface area (Å²) in [5, 5.41) is 2.88. The smallest absolute Gasteiger partial charge is 0.253 e. The molecular weight excluding hydrogens is 270 g/mol. The van der Waals surface area contributed by atoms with Crippen LogP contribution >= 0.6 is 0 Å². The molecule has 1 aromatic heterocycles. The number of carbonyl (C=O) groups is 2. The van der Waals surface area contributed by atoms with Crippen molar-refractivity contribution in [3.63, 3.8) is 0 Å². The van der Waals surface area contributed by atoms with Crippen LogP contribution in [0.1, 0.15) is 19.4 Å². The van der Waals surface area contributed by atoms with Gasteiger partial charge in [0.2, 0.25) is 5.91 Å². The summed E-state index contributed by atoms with van der Waals surface area (Å²) in [5.74, 6) is -0.211. The maximum absolute atomic E-state index is 12.3. The van der Waals surface area contributed by atoms with Crippen molar-refractivity contribution in [3.05, 3.63) is 30.1 Å². The maximum atomic E-state index is 12.3. The van der Waals surface area contributed by atoms with E-state index in [0.717, 1.165) is 12.0 Å². The van der Waals surface area contributed by atoms with Crippen LogP contribution in [0.3, 0.4) is 0 Å². The monoisotopic (exact) mass is 291 g/mol. The van der Waals surface area contributed by atoms with Crippen molar-refractivity contribution in [2.75, 3.05) is 26.2 Å². The Balaban J connectivity index is 1.85. The number of amides is 2. The number of carbonyl (C=O) groups excluding carboxylic acids is 2. The van der Waals surface area contributed by atoms with E-state index in [1.807, 2.05) is 12.1 Å². The molecule has 2 rings (SSSR count). The summed E-state index contributed by atoms with van der Waals surface area (Å²) < 4.78 is 5.59. The van der Waals surface area contributed by atoms with Crippen molar-refractivity contribution in [1.82, 2.24) is 15.2 Å². The molecule has 0 aliphatic carbocycles. The van der Waals surface area contributed by atoms with Crippen LogP contribution in [-0.4, -0.2) is 53.5 Å². The van der Waals surface area contributed by atoms with Gasteiger partial charge in [0.15, 0.2) is 5.60 Å². The Labute approximate surface area is 124 Å². The molecule has 1 atom stereocenters. The number of aromatic nitrogens is 1. The zero-order chi connectivity index (χ0) is 15.3. The summed E-state index contributed by atoms with van der Waals surface area (Å²) in [6.45, 7) is 4.98. The van der Waals surface area contributed by atoms with Gasteiger partial charge in [-0.25, -0.2) is 0 Å². The Morgan fingerprint density at radius 3 is 2.81 bits per heavy atom. The van der Waals surface area contributed by atoms with Gasteiger partial charge in [-0.3, -0.25) is 14.6 Å². The summed E-state index contributed by atoms with van der Waals surface area (Å²) in [5.41, 5.74) is 0.146. The van der Waals surface area contributed by atoms with E-state index in [4.69, 9.17) is 4.74 Å². The lowest BCUT2D eigenvalue weighted by Crippen LogP contribution is -2.59. The van der Waals surface area contributed by atoms with E-state index in [1.54, 1.807) is 24.2 Å². The van der Waals surface area contributed by atoms with Crippen LogP contribution in [0.25, 0.3) is 0 Å². The van der Waals surface area contributed by atoms with E-state index in [9.17, 15) is 9.59 Å². The largest absolute Gasteiger partial charge is 0.362 e. The molecular formula is C15H21N3O3. The number of rotatable bonds is 4. The zero-order valence-corrected chi connectivity index (χ0v) is 12.5. The number of ether oxygens (including phenoxy) is 1. The first-order chi connectivity index (χ1) is 10.0. The fourth-order valence-corrected chi connectivity index (χ4v) is 2.33. The van der Waals surface area contributed by atoms with Crippen LogP contribution in [0.2, 0.25) is 0 Å². The van der Waals surface area contributed by atoms with Crippen LogP contribution in [0.5, 0.6) is 0 Å². The average molecular weight is 291 g/mol. The van der Waals surface area contributed by atoms with Gasteiger partial charge in [-0.1, -0.05) is 0 Å². The molecule has 114 valence electrons. The fraction of sp³-hybridized carbons (Fsp3) is 0.533. The topological polar surface area (TPSA) is 71.5 Å². The molecule has 1 unspecified atom stereocenters. The van der Waals surface area contributed by atoms with Crippen molar-refractivity contribution >= 4 is 11.8 Å². The van der Waals surface area contributed by atoms with Crippen molar-refractivity contribution < 1.29 is 14.3 Å². The summed E-state index contributed by atoms with van der Waals surface area (Å²) in [6.07, 6.45) is 4.20. The van der Waals surface area contributed by atoms with Crippen molar-refractivity contribution in [1.29, 1.82) is 0 Å². The molecule has 0 saturated carbocycles. The molecule has 1 aliphatic heterocycles. The van der Waals surface area contributed by atoms with E-state index < -0.39 is 5.60 Å². The lowest BCUT2D eigenvalue weighted by Gasteiger charge is -2.38. The van der Waals surface area contributed by atoms with Gasteiger partial charge < -0.3 is 15.0 Å². The number of nitrogens with zero attached hydrogens (tertiary/aromatic N) is 2. The molecule has 0 spiro atoms. The minimum atomic E-state index is -0.970. The van der Waals surface area contributed by atoms with Crippen molar-refractivity contribution in [2.24, 2.45) is 0 Å². The quantitative estimate of drug-likeness (QED) is 0.870. The Morgan fingerprint density at radius 2 is 2.14 bits per heavy atom. The molecule has 1 saturated heterocycles. The van der Waals surface area contributed by atoms with E-state index in [-0.39, 0.29) is 11.8 Å². The van der Waals surface area contributed by atoms with Crippen LogP contribution in [0.4, 0.5) is 0 Å². The van der Waals surface area contributed by atoms with Gasteiger partial charge in [0.25, 0.3) is 5.91 Å². The van der Waals surface area contributed by atoms with Gasteiger partial charge in [-0.05, 0) is 31.0 Å². The molecule has 2 amide bonds. The van der Waals surface area contributed by atoms with Gasteiger partial charge in [0.05, 0.1) is 13.2 Å². The first-order valence-corrected chi connectivity index (χ1v) is 7.08. The van der Waals surface area contributed by atoms with Gasteiger partial charge in [-0.2, -0.15) is 0 Å². The second-order valence-corrected chi connectivity index (χ2v) is 5.38. The second-order valence-electron chi connectivity index (χ2n) is 5.38. The SMILES string of the molecule is CC(=O)N1CCOC(C)(C(=O)NCCc2ccncc2)C1. The summed E-state index contributed by atoms with van der Waals surface area (Å²) in [6, 6.07) is 3.84. The Hall–Kier alpha value is -1.95. The van der Waals surface area contributed by atoms with Gasteiger partial charge in [-0.15, -0.1) is 0 Å². The highest BCUT2D eigenvalue weighted by Gasteiger charge is 2.39. The molecule has 21 heavy (non-hydrogen) atoms. The van der Waals surface area contributed by atoms with Crippen LogP contribution in [-0.2, 0) is 20.7 Å². The predicted octanol–water partition coefficient (Wildman–Crippen LogP) is 0.378. The lowest BCUT2D eigenvalue weighted by atomic mass is 10.0. The predicted molar refractivity (Wildman–Crippen MR) is 77.6 cm³/mol. The second kappa shape index (κ2) is 6.67. The minimum absolute atomic E-state index is 0.0332. The van der Waals surface area contributed by atoms with Crippen LogP contribution < -0.4 is 5.32 Å². The lowest BCUT2D eigenvalue weighted by molar-refractivity contribution is -0.161. The third-order valence-electron chi connectivity index (χ3n) is 3.65. The Morgan fingerprint density at radius 1 is 1.43 bits per heavy atom. The first kappa shape index (κ1) is 15.4. The maximum Gasteiger partial charge on any atom is 0.253 e. The normalized spacial score (nSPS) is 21.9. The van der Waals surface area contributed by atoms with Gasteiger partial charge in [0, 0.05) is 32.4 Å². The molecule has 1 aromatic rings. The molecule has 0 bridgehead atoms. The Kier molecular flexibility index (Phi) is 4.90. The highest BCUT2D eigenvalue weighted by molar-refractivity contribution is 5.86. The third-order valence-corrected chi connectivity index (χ3v) is 3.65. The van der Waals surface area contributed by atoms with Crippen molar-refractivity contribution in [2.45, 2.75) is 25.9 Å². The number of pyridine rings is 1. The number of morpholine rings is 1. The van der Waals surface area contributed by atoms with E-state index in [2.05, 4.69) is 10.3 Å². The highest BCUT2D eigenvalue weighted by Crippen LogP contribution is 2.18. The van der Waals surface area contributed by atoms with Crippen LogP contribution in [0, 0.1) is 0 Å². The summed E-state index contributed by atoms with van der Waals surface area (Å²) in [7, 11) is 0. The molecule has 1 N–H and O–H groups in total. The number of nitrogens with one attached hydrogen (secondary N) is 1. The molecule has 0 radical (unpaired) electrons. The van der Waals surface area contributed by atoms with Crippen LogP contribution in [0.15, 0.2) is 24.5 Å². The third kappa shape index (κ3) is 4.01. The van der Waals surface area contributed by atoms with E-state index in [0.29, 0.717) is 26.2 Å². The molecule has 0 aromatic carbocycles.